The second-order valence-corrected chi connectivity index (χ2v) is 13.4. The summed E-state index contributed by atoms with van der Waals surface area (Å²) in [4.78, 5) is 22.5. The summed E-state index contributed by atoms with van der Waals surface area (Å²) in [6, 6.07) is 23.4. The molecule has 0 aliphatic rings. The Morgan fingerprint density at radius 2 is 1.48 bits per heavy atom. The van der Waals surface area contributed by atoms with E-state index < -0.39 is 22.2 Å². The van der Waals surface area contributed by atoms with Crippen LogP contribution in [0.15, 0.2) is 79.0 Å². The summed E-state index contributed by atoms with van der Waals surface area (Å²) in [6.07, 6.45) is -3.42. The number of nitrogens with two attached hydrogens (primary N) is 1. The lowest BCUT2D eigenvalue weighted by Gasteiger charge is -2.19. The molecule has 12 nitrogen and oxygen atoms in total. The summed E-state index contributed by atoms with van der Waals surface area (Å²) >= 11 is 0. The molecule has 5 aromatic rings. The van der Waals surface area contributed by atoms with Gasteiger partial charge < -0.3 is 25.6 Å². The highest BCUT2D eigenvalue weighted by Gasteiger charge is 2.38. The van der Waals surface area contributed by atoms with Gasteiger partial charge in [0, 0.05) is 31.2 Å². The third-order valence-corrected chi connectivity index (χ3v) is 7.64. The lowest BCUT2D eigenvalue weighted by Crippen LogP contribution is -2.21. The Hall–Kier alpha value is -5.22. The number of carboxylic acids is 1. The number of halogens is 3. The highest BCUT2D eigenvalue weighted by atomic mass is 32.2. The van der Waals surface area contributed by atoms with Crippen molar-refractivity contribution in [2.45, 2.75) is 44.7 Å². The number of carbonyl (C=O) groups is 1. The zero-order chi connectivity index (χ0) is 35.3. The number of nitrogens with one attached hydrogen (secondary N) is 3. The van der Waals surface area contributed by atoms with Crippen LogP contribution in [0.3, 0.4) is 0 Å². The minimum absolute atomic E-state index is 0.108. The number of aliphatic carboxylic acids is 1. The van der Waals surface area contributed by atoms with Crippen molar-refractivity contribution >= 4 is 56.1 Å². The van der Waals surface area contributed by atoms with Crippen LogP contribution < -0.4 is 21.1 Å². The van der Waals surface area contributed by atoms with E-state index in [0.717, 1.165) is 33.9 Å². The average Bonchev–Trinajstić information content (AvgIpc) is 3.30. The minimum Gasteiger partial charge on any atom is -0.475 e. The molecule has 16 heteroatoms. The first-order valence-corrected chi connectivity index (χ1v) is 16.2. The molecule has 0 saturated carbocycles. The van der Waals surface area contributed by atoms with Gasteiger partial charge in [-0.05, 0) is 64.6 Å². The number of rotatable bonds is 9. The molecule has 254 valence electrons. The van der Waals surface area contributed by atoms with Crippen molar-refractivity contribution in [3.8, 4) is 0 Å². The zero-order valence-electron chi connectivity index (χ0n) is 26.5. The van der Waals surface area contributed by atoms with E-state index in [4.69, 9.17) is 20.0 Å². The van der Waals surface area contributed by atoms with Crippen LogP contribution in [0.2, 0.25) is 0 Å². The summed E-state index contributed by atoms with van der Waals surface area (Å²) in [5.74, 6) is -1.11. The number of anilines is 5. The molecular formula is C32H35F3N8O4S. The number of carboxylic acid groups (broad SMARTS) is 1. The number of aromatic nitrogens is 4. The number of sulfonamides is 1. The van der Waals surface area contributed by atoms with E-state index in [1.54, 1.807) is 36.5 Å². The van der Waals surface area contributed by atoms with Gasteiger partial charge in [-0.2, -0.15) is 18.2 Å². The Kier molecular flexibility index (Phi) is 10.6. The standard InChI is InChI=1S/C30H34N8O2S.C2HF3O2/c1-30(2,3)22-8-12-24(13-9-22)35-29-36-25-17-21(7-14-26(25)38(29)4)18-33-27-15-16-32-28(37-27)34-23-10-5-20(6-11-23)19-41(31,39)40;3-2(4,5)1(6)7/h5-17H,18-19H2,1-4H3,(H,35,36)(H2,31,39,40)(H2,32,33,34,37);(H,6,7). The van der Waals surface area contributed by atoms with Gasteiger partial charge in [0.1, 0.15) is 5.82 Å². The van der Waals surface area contributed by atoms with Crippen LogP contribution in [0.4, 0.5) is 42.3 Å². The molecule has 0 aliphatic carbocycles. The molecular weight excluding hydrogens is 649 g/mol. The van der Waals surface area contributed by atoms with E-state index in [1.165, 1.54) is 5.56 Å². The van der Waals surface area contributed by atoms with Gasteiger partial charge in [0.2, 0.25) is 21.9 Å². The van der Waals surface area contributed by atoms with Gasteiger partial charge in [0.15, 0.2) is 0 Å². The highest BCUT2D eigenvalue weighted by molar-refractivity contribution is 7.88. The molecule has 0 radical (unpaired) electrons. The Labute approximate surface area is 275 Å². The predicted molar refractivity (Wildman–Crippen MR) is 179 cm³/mol. The molecule has 0 bridgehead atoms. The molecule has 0 atom stereocenters. The van der Waals surface area contributed by atoms with Crippen molar-refractivity contribution in [3.63, 3.8) is 0 Å². The minimum atomic E-state index is -5.08. The van der Waals surface area contributed by atoms with E-state index in [0.29, 0.717) is 23.9 Å². The predicted octanol–water partition coefficient (Wildman–Crippen LogP) is 6.18. The lowest BCUT2D eigenvalue weighted by atomic mass is 9.87. The van der Waals surface area contributed by atoms with Crippen molar-refractivity contribution < 1.29 is 31.5 Å². The van der Waals surface area contributed by atoms with Crippen molar-refractivity contribution in [2.75, 3.05) is 16.0 Å². The van der Waals surface area contributed by atoms with E-state index in [1.807, 2.05) is 11.6 Å². The number of fused-ring (bicyclic) bond motifs is 1. The Balaban J connectivity index is 0.000000671. The molecule has 0 fully saturated rings. The number of aryl methyl sites for hydroxylation is 1. The first-order valence-electron chi connectivity index (χ1n) is 14.4. The second-order valence-electron chi connectivity index (χ2n) is 11.8. The van der Waals surface area contributed by atoms with E-state index >= 15 is 0 Å². The van der Waals surface area contributed by atoms with E-state index in [2.05, 4.69) is 89.2 Å². The fourth-order valence-corrected chi connectivity index (χ4v) is 5.06. The van der Waals surface area contributed by atoms with Gasteiger partial charge in [-0.25, -0.2) is 28.3 Å². The van der Waals surface area contributed by atoms with Gasteiger partial charge >= 0.3 is 12.1 Å². The van der Waals surface area contributed by atoms with Crippen molar-refractivity contribution in [1.29, 1.82) is 0 Å². The maximum Gasteiger partial charge on any atom is 0.490 e. The van der Waals surface area contributed by atoms with Gasteiger partial charge in [-0.1, -0.05) is 51.1 Å². The summed E-state index contributed by atoms with van der Waals surface area (Å²) in [5.41, 5.74) is 6.72. The molecule has 0 saturated heterocycles. The summed E-state index contributed by atoms with van der Waals surface area (Å²) in [5, 5.41) is 22.2. The number of hydrogen-bond donors (Lipinski definition) is 5. The summed E-state index contributed by atoms with van der Waals surface area (Å²) < 4.78 is 56.4. The summed E-state index contributed by atoms with van der Waals surface area (Å²) in [7, 11) is -1.58. The third kappa shape index (κ3) is 10.1. The molecule has 5 rings (SSSR count). The summed E-state index contributed by atoms with van der Waals surface area (Å²) in [6.45, 7) is 7.17. The van der Waals surface area contributed by atoms with Crippen LogP contribution in [0, 0.1) is 0 Å². The van der Waals surface area contributed by atoms with Crippen LogP contribution in [-0.4, -0.2) is 45.2 Å². The monoisotopic (exact) mass is 684 g/mol. The maximum absolute atomic E-state index is 11.3. The quantitative estimate of drug-likeness (QED) is 0.120. The molecule has 6 N–H and O–H groups in total. The van der Waals surface area contributed by atoms with Crippen LogP contribution in [0.1, 0.15) is 37.5 Å². The Morgan fingerprint density at radius 1 is 0.896 bits per heavy atom. The molecule has 48 heavy (non-hydrogen) atoms. The molecule has 2 heterocycles. The highest BCUT2D eigenvalue weighted by Crippen LogP contribution is 2.27. The number of nitrogens with zero attached hydrogens (tertiary/aromatic N) is 4. The molecule has 0 spiro atoms. The number of imidazole rings is 1. The van der Waals surface area contributed by atoms with Gasteiger partial charge in [-0.3, -0.25) is 0 Å². The van der Waals surface area contributed by atoms with Crippen LogP contribution in [0.5, 0.6) is 0 Å². The SMILES string of the molecule is Cn1c(Nc2ccc(C(C)(C)C)cc2)nc2cc(CNc3ccnc(Nc4ccc(CS(N)(=O)=O)cc4)n3)ccc21.O=C(O)C(F)(F)F. The fraction of sp³-hybridized carbons (Fsp3) is 0.250. The van der Waals surface area contributed by atoms with E-state index in [9.17, 15) is 21.6 Å². The van der Waals surface area contributed by atoms with Gasteiger partial charge in [0.05, 0.1) is 16.8 Å². The number of hydrogen-bond acceptors (Lipinski definition) is 9. The van der Waals surface area contributed by atoms with Crippen molar-refractivity contribution in [2.24, 2.45) is 12.2 Å². The molecule has 0 aliphatic heterocycles. The first kappa shape index (κ1) is 35.6. The smallest absolute Gasteiger partial charge is 0.475 e. The molecule has 3 aromatic carbocycles. The lowest BCUT2D eigenvalue weighted by molar-refractivity contribution is -0.192. The first-order chi connectivity index (χ1) is 22.4. The maximum atomic E-state index is 11.3. The van der Waals surface area contributed by atoms with Crippen LogP contribution >= 0.6 is 0 Å². The number of benzene rings is 3. The van der Waals surface area contributed by atoms with Gasteiger partial charge in [0.25, 0.3) is 0 Å². The third-order valence-electron chi connectivity index (χ3n) is 6.90. The topological polar surface area (TPSA) is 177 Å². The van der Waals surface area contributed by atoms with E-state index in [-0.39, 0.29) is 11.2 Å². The Morgan fingerprint density at radius 3 is 2.06 bits per heavy atom. The second kappa shape index (κ2) is 14.3. The van der Waals surface area contributed by atoms with Crippen LogP contribution in [-0.2, 0) is 39.6 Å². The van der Waals surface area contributed by atoms with Gasteiger partial charge in [-0.15, -0.1) is 0 Å². The number of primary sulfonamides is 1. The fourth-order valence-electron chi connectivity index (χ4n) is 4.41. The largest absolute Gasteiger partial charge is 0.490 e. The van der Waals surface area contributed by atoms with Crippen molar-refractivity contribution in [3.05, 3.63) is 95.7 Å². The number of alkyl halides is 3. The molecule has 0 unspecified atom stereocenters. The zero-order valence-corrected chi connectivity index (χ0v) is 27.3. The average molecular weight is 685 g/mol. The van der Waals surface area contributed by atoms with Crippen molar-refractivity contribution in [1.82, 2.24) is 19.5 Å². The normalized spacial score (nSPS) is 11.8. The molecule has 2 aromatic heterocycles. The molecule has 0 amide bonds. The Bertz CT molecular complexity index is 1990. The van der Waals surface area contributed by atoms with Crippen LogP contribution in [0.25, 0.3) is 11.0 Å².